The van der Waals surface area contributed by atoms with Crippen LogP contribution in [0.4, 0.5) is 4.39 Å². The third kappa shape index (κ3) is 5.81. The van der Waals surface area contributed by atoms with Gasteiger partial charge in [0.05, 0.1) is 5.71 Å². The topological polar surface area (TPSA) is 53.9 Å². The van der Waals surface area contributed by atoms with Gasteiger partial charge in [-0.2, -0.15) is 0 Å². The molecule has 0 saturated heterocycles. The quantitative estimate of drug-likeness (QED) is 0.746. The number of hydrogen-bond donors (Lipinski definition) is 1. The summed E-state index contributed by atoms with van der Waals surface area (Å²) in [7, 11) is 0. The van der Waals surface area contributed by atoms with Gasteiger partial charge in [-0.05, 0) is 51.5 Å². The number of hydrogen-bond acceptors (Lipinski definition) is 4. The fourth-order valence-electron chi connectivity index (χ4n) is 2.93. The Morgan fingerprint density at radius 3 is 2.88 bits per heavy atom. The average Bonchev–Trinajstić information content (AvgIpc) is 3.09. The van der Waals surface area contributed by atoms with E-state index in [1.54, 1.807) is 12.1 Å². The van der Waals surface area contributed by atoms with Crippen molar-refractivity contribution in [3.05, 3.63) is 35.6 Å². The SMILES string of the molecule is CCN(CC)CCC[C@@H](C)NC(=O)[C@@H]1CC(c2cccc(F)c2)=NO1. The fourth-order valence-corrected chi connectivity index (χ4v) is 2.93. The Bertz CT molecular complexity index is 602. The largest absolute Gasteiger partial charge is 0.382 e. The zero-order chi connectivity index (χ0) is 18.2. The smallest absolute Gasteiger partial charge is 0.264 e. The molecule has 2 rings (SSSR count). The lowest BCUT2D eigenvalue weighted by Gasteiger charge is -2.20. The molecule has 0 aliphatic carbocycles. The minimum Gasteiger partial charge on any atom is -0.382 e. The number of nitrogens with zero attached hydrogens (tertiary/aromatic N) is 2. The highest BCUT2D eigenvalue weighted by Gasteiger charge is 2.29. The molecule has 1 aromatic carbocycles. The van der Waals surface area contributed by atoms with Gasteiger partial charge in [-0.1, -0.05) is 31.1 Å². The molecule has 1 aliphatic rings. The monoisotopic (exact) mass is 349 g/mol. The molecule has 0 aromatic heterocycles. The van der Waals surface area contributed by atoms with Gasteiger partial charge in [-0.25, -0.2) is 4.39 Å². The van der Waals surface area contributed by atoms with Crippen LogP contribution < -0.4 is 5.32 Å². The van der Waals surface area contributed by atoms with E-state index in [9.17, 15) is 9.18 Å². The summed E-state index contributed by atoms with van der Waals surface area (Å²) >= 11 is 0. The Kier molecular flexibility index (Phi) is 7.37. The summed E-state index contributed by atoms with van der Waals surface area (Å²) in [4.78, 5) is 19.9. The Labute approximate surface area is 149 Å². The molecule has 1 N–H and O–H groups in total. The van der Waals surface area contributed by atoms with Crippen LogP contribution in [0.1, 0.15) is 45.6 Å². The van der Waals surface area contributed by atoms with Gasteiger partial charge < -0.3 is 15.1 Å². The zero-order valence-electron chi connectivity index (χ0n) is 15.3. The van der Waals surface area contributed by atoms with E-state index in [1.807, 2.05) is 6.92 Å². The average molecular weight is 349 g/mol. The lowest BCUT2D eigenvalue weighted by Crippen LogP contribution is -2.40. The van der Waals surface area contributed by atoms with Gasteiger partial charge in [0.2, 0.25) is 6.10 Å². The summed E-state index contributed by atoms with van der Waals surface area (Å²) in [6.07, 6.45) is 1.69. The number of halogens is 1. The van der Waals surface area contributed by atoms with Crippen molar-refractivity contribution in [2.45, 2.75) is 52.2 Å². The van der Waals surface area contributed by atoms with Crippen LogP contribution in [0.3, 0.4) is 0 Å². The van der Waals surface area contributed by atoms with Crippen molar-refractivity contribution in [1.82, 2.24) is 10.2 Å². The van der Waals surface area contributed by atoms with Gasteiger partial charge in [0.15, 0.2) is 0 Å². The van der Waals surface area contributed by atoms with E-state index in [2.05, 4.69) is 29.2 Å². The molecule has 0 unspecified atom stereocenters. The maximum Gasteiger partial charge on any atom is 0.264 e. The van der Waals surface area contributed by atoms with Crippen molar-refractivity contribution in [2.24, 2.45) is 5.16 Å². The standard InChI is InChI=1S/C19H28FN3O2/c1-4-23(5-2)11-7-8-14(3)21-19(24)18-13-17(22-25-18)15-9-6-10-16(20)12-15/h6,9-10,12,14,18H,4-5,7-8,11,13H2,1-3H3,(H,21,24)/t14-,18+/m1/s1. The molecule has 1 heterocycles. The van der Waals surface area contributed by atoms with Crippen LogP contribution in [-0.4, -0.2) is 48.3 Å². The van der Waals surface area contributed by atoms with E-state index in [4.69, 9.17) is 4.84 Å². The number of benzene rings is 1. The first kappa shape index (κ1) is 19.4. The second-order valence-corrected chi connectivity index (χ2v) is 6.43. The van der Waals surface area contributed by atoms with Gasteiger partial charge in [0.1, 0.15) is 5.82 Å². The Morgan fingerprint density at radius 1 is 1.44 bits per heavy atom. The van der Waals surface area contributed by atoms with Crippen LogP contribution in [0.25, 0.3) is 0 Å². The molecule has 0 radical (unpaired) electrons. The summed E-state index contributed by atoms with van der Waals surface area (Å²) in [5, 5.41) is 6.93. The van der Waals surface area contributed by atoms with Gasteiger partial charge >= 0.3 is 0 Å². The molecule has 2 atom stereocenters. The molecule has 0 bridgehead atoms. The van der Waals surface area contributed by atoms with Gasteiger partial charge in [-0.15, -0.1) is 0 Å². The highest BCUT2D eigenvalue weighted by atomic mass is 19.1. The molecule has 1 aliphatic heterocycles. The van der Waals surface area contributed by atoms with E-state index in [0.717, 1.165) is 32.5 Å². The minimum atomic E-state index is -0.636. The molecule has 1 aromatic rings. The molecule has 138 valence electrons. The maximum absolute atomic E-state index is 13.3. The summed E-state index contributed by atoms with van der Waals surface area (Å²) in [6, 6.07) is 6.26. The van der Waals surface area contributed by atoms with E-state index in [1.165, 1.54) is 12.1 Å². The van der Waals surface area contributed by atoms with E-state index >= 15 is 0 Å². The molecule has 5 nitrogen and oxygen atoms in total. The van der Waals surface area contributed by atoms with Crippen molar-refractivity contribution in [3.8, 4) is 0 Å². The number of carbonyl (C=O) groups is 1. The minimum absolute atomic E-state index is 0.0879. The molecule has 0 fully saturated rings. The van der Waals surface area contributed by atoms with Crippen LogP contribution in [0.2, 0.25) is 0 Å². The summed E-state index contributed by atoms with van der Waals surface area (Å²) in [5.74, 6) is -0.486. The first-order valence-electron chi connectivity index (χ1n) is 9.04. The molecule has 25 heavy (non-hydrogen) atoms. The zero-order valence-corrected chi connectivity index (χ0v) is 15.3. The van der Waals surface area contributed by atoms with Crippen molar-refractivity contribution in [1.29, 1.82) is 0 Å². The van der Waals surface area contributed by atoms with E-state index < -0.39 is 6.10 Å². The first-order valence-corrected chi connectivity index (χ1v) is 9.04. The summed E-state index contributed by atoms with van der Waals surface area (Å²) in [6.45, 7) is 9.45. The van der Waals surface area contributed by atoms with Crippen LogP contribution in [0, 0.1) is 5.82 Å². The van der Waals surface area contributed by atoms with Crippen LogP contribution in [0.15, 0.2) is 29.4 Å². The third-order valence-electron chi connectivity index (χ3n) is 4.51. The van der Waals surface area contributed by atoms with Crippen molar-refractivity contribution in [2.75, 3.05) is 19.6 Å². The Balaban J connectivity index is 1.75. The van der Waals surface area contributed by atoms with Gasteiger partial charge in [-0.3, -0.25) is 4.79 Å². The summed E-state index contributed by atoms with van der Waals surface area (Å²) < 4.78 is 13.3. The van der Waals surface area contributed by atoms with Gasteiger partial charge in [0, 0.05) is 18.0 Å². The predicted octanol–water partition coefficient (Wildman–Crippen LogP) is 2.95. The molecule has 0 saturated carbocycles. The Morgan fingerprint density at radius 2 is 2.20 bits per heavy atom. The third-order valence-corrected chi connectivity index (χ3v) is 4.51. The number of amides is 1. The molecule has 0 spiro atoms. The van der Waals surface area contributed by atoms with Crippen molar-refractivity contribution < 1.29 is 14.0 Å². The molecule has 6 heteroatoms. The van der Waals surface area contributed by atoms with E-state index in [-0.39, 0.29) is 17.8 Å². The van der Waals surface area contributed by atoms with Gasteiger partial charge in [0.25, 0.3) is 5.91 Å². The lowest BCUT2D eigenvalue weighted by molar-refractivity contribution is -0.131. The van der Waals surface area contributed by atoms with Crippen LogP contribution in [0.5, 0.6) is 0 Å². The second-order valence-electron chi connectivity index (χ2n) is 6.43. The maximum atomic E-state index is 13.3. The van der Waals surface area contributed by atoms with Crippen molar-refractivity contribution >= 4 is 11.6 Å². The van der Waals surface area contributed by atoms with E-state index in [0.29, 0.717) is 17.7 Å². The fraction of sp³-hybridized carbons (Fsp3) is 0.579. The van der Waals surface area contributed by atoms with Crippen LogP contribution >= 0.6 is 0 Å². The number of oxime groups is 1. The van der Waals surface area contributed by atoms with Crippen molar-refractivity contribution in [3.63, 3.8) is 0 Å². The number of nitrogens with one attached hydrogen (secondary N) is 1. The second kappa shape index (κ2) is 9.51. The Hall–Kier alpha value is -1.95. The highest BCUT2D eigenvalue weighted by Crippen LogP contribution is 2.18. The van der Waals surface area contributed by atoms with Crippen LogP contribution in [-0.2, 0) is 9.63 Å². The number of rotatable bonds is 9. The molecule has 1 amide bonds. The molecular formula is C19H28FN3O2. The lowest BCUT2D eigenvalue weighted by atomic mass is 10.0. The first-order chi connectivity index (χ1) is 12.0. The summed E-state index contributed by atoms with van der Waals surface area (Å²) in [5.41, 5.74) is 1.26. The number of carbonyl (C=O) groups excluding carboxylic acids is 1. The predicted molar refractivity (Wildman–Crippen MR) is 97.1 cm³/mol. The highest BCUT2D eigenvalue weighted by molar-refractivity contribution is 6.04. The molecular weight excluding hydrogens is 321 g/mol. The normalized spacial score (nSPS) is 18.0.